The van der Waals surface area contributed by atoms with E-state index in [1.54, 1.807) is 31.0 Å². The Kier molecular flexibility index (Phi) is 7.14. The van der Waals surface area contributed by atoms with E-state index in [0.717, 1.165) is 28.3 Å². The van der Waals surface area contributed by atoms with Crippen LogP contribution in [0.3, 0.4) is 0 Å². The van der Waals surface area contributed by atoms with E-state index >= 15 is 0 Å². The molecule has 4 heteroatoms. The Morgan fingerprint density at radius 2 is 1.90 bits per heavy atom. The molecule has 0 spiro atoms. The molecule has 0 fully saturated rings. The maximum absolute atomic E-state index is 12.7. The Morgan fingerprint density at radius 1 is 1.10 bits per heavy atom. The molecular formula is C25H25NO2S. The van der Waals surface area contributed by atoms with Crippen molar-refractivity contribution in [3.05, 3.63) is 102 Å². The van der Waals surface area contributed by atoms with Crippen molar-refractivity contribution in [2.45, 2.75) is 24.0 Å². The molecule has 0 heterocycles. The van der Waals surface area contributed by atoms with Crippen LogP contribution in [0.1, 0.15) is 27.0 Å². The largest absolute Gasteiger partial charge is 0.496 e. The van der Waals surface area contributed by atoms with Crippen molar-refractivity contribution in [1.82, 2.24) is 0 Å². The van der Waals surface area contributed by atoms with Crippen LogP contribution in [-0.2, 0) is 12.2 Å². The Balaban J connectivity index is 1.69. The third-order valence-corrected chi connectivity index (χ3v) is 5.68. The topological polar surface area (TPSA) is 38.3 Å². The monoisotopic (exact) mass is 403 g/mol. The lowest BCUT2D eigenvalue weighted by atomic mass is 10.1. The number of ether oxygens (including phenoxy) is 1. The highest BCUT2D eigenvalue weighted by Gasteiger charge is 2.11. The first-order chi connectivity index (χ1) is 14.1. The van der Waals surface area contributed by atoms with Crippen molar-refractivity contribution in [3.8, 4) is 5.75 Å². The fourth-order valence-electron chi connectivity index (χ4n) is 3.07. The molecule has 3 rings (SSSR count). The summed E-state index contributed by atoms with van der Waals surface area (Å²) in [6.07, 6.45) is 2.45. The van der Waals surface area contributed by atoms with Gasteiger partial charge in [-0.05, 0) is 66.4 Å². The summed E-state index contributed by atoms with van der Waals surface area (Å²) in [5.74, 6) is 1.52. The molecule has 0 bridgehead atoms. The second-order valence-electron chi connectivity index (χ2n) is 6.72. The number of benzene rings is 3. The molecule has 0 saturated heterocycles. The Morgan fingerprint density at radius 3 is 2.59 bits per heavy atom. The molecule has 0 aliphatic heterocycles. The van der Waals surface area contributed by atoms with Gasteiger partial charge in [0.05, 0.1) is 7.11 Å². The fraction of sp³-hybridized carbons (Fsp3) is 0.160. The Hall–Kier alpha value is -2.98. The molecule has 0 aliphatic rings. The van der Waals surface area contributed by atoms with E-state index in [4.69, 9.17) is 4.74 Å². The normalized spacial score (nSPS) is 10.4. The molecule has 0 saturated carbocycles. The summed E-state index contributed by atoms with van der Waals surface area (Å²) in [6, 6.07) is 22.0. The van der Waals surface area contributed by atoms with Crippen molar-refractivity contribution in [2.24, 2.45) is 0 Å². The highest BCUT2D eigenvalue weighted by atomic mass is 32.2. The Labute approximate surface area is 176 Å². The number of allylic oxidation sites excluding steroid dienone is 1. The van der Waals surface area contributed by atoms with E-state index in [2.05, 4.69) is 36.2 Å². The first kappa shape index (κ1) is 20.7. The zero-order chi connectivity index (χ0) is 20.6. The third kappa shape index (κ3) is 5.52. The molecule has 0 aromatic heterocycles. The second-order valence-corrected chi connectivity index (χ2v) is 7.77. The van der Waals surface area contributed by atoms with Crippen LogP contribution in [0.15, 0.2) is 84.3 Å². The van der Waals surface area contributed by atoms with Gasteiger partial charge in [0.15, 0.2) is 0 Å². The van der Waals surface area contributed by atoms with Gasteiger partial charge in [-0.2, -0.15) is 0 Å². The number of aryl methyl sites for hydroxylation is 1. The lowest BCUT2D eigenvalue weighted by Crippen LogP contribution is -2.13. The van der Waals surface area contributed by atoms with Gasteiger partial charge in [0.2, 0.25) is 0 Å². The molecular weight excluding hydrogens is 378 g/mol. The van der Waals surface area contributed by atoms with Crippen LogP contribution in [0.2, 0.25) is 0 Å². The highest BCUT2D eigenvalue weighted by molar-refractivity contribution is 7.98. The van der Waals surface area contributed by atoms with Crippen molar-refractivity contribution >= 4 is 23.4 Å². The first-order valence-corrected chi connectivity index (χ1v) is 10.5. The van der Waals surface area contributed by atoms with Gasteiger partial charge in [-0.15, -0.1) is 18.3 Å². The van der Waals surface area contributed by atoms with E-state index in [-0.39, 0.29) is 5.91 Å². The van der Waals surface area contributed by atoms with Gasteiger partial charge in [0.1, 0.15) is 5.75 Å². The number of rotatable bonds is 8. The minimum absolute atomic E-state index is 0.132. The van der Waals surface area contributed by atoms with Crippen LogP contribution < -0.4 is 10.1 Å². The van der Waals surface area contributed by atoms with Crippen LogP contribution in [0.4, 0.5) is 5.69 Å². The molecule has 3 aromatic rings. The van der Waals surface area contributed by atoms with E-state index in [1.165, 1.54) is 10.5 Å². The summed E-state index contributed by atoms with van der Waals surface area (Å²) in [5, 5.41) is 3.02. The summed E-state index contributed by atoms with van der Waals surface area (Å²) >= 11 is 1.80. The van der Waals surface area contributed by atoms with Gasteiger partial charge >= 0.3 is 0 Å². The van der Waals surface area contributed by atoms with Crippen molar-refractivity contribution < 1.29 is 9.53 Å². The minimum Gasteiger partial charge on any atom is -0.496 e. The van der Waals surface area contributed by atoms with Crippen LogP contribution in [0.5, 0.6) is 5.75 Å². The van der Waals surface area contributed by atoms with Crippen molar-refractivity contribution in [3.63, 3.8) is 0 Å². The smallest absolute Gasteiger partial charge is 0.255 e. The third-order valence-electron chi connectivity index (χ3n) is 4.59. The van der Waals surface area contributed by atoms with E-state index in [9.17, 15) is 4.79 Å². The lowest BCUT2D eigenvalue weighted by Gasteiger charge is -2.12. The van der Waals surface area contributed by atoms with E-state index < -0.39 is 0 Å². The molecule has 0 aliphatic carbocycles. The standard InChI is InChI=1S/C25H25NO2S/c1-4-8-20-16-21(12-14-24(20)28-3)25(27)26-23-13-11-19(15-18(23)2)17-29-22-9-6-5-7-10-22/h4-7,9-16H,1,8,17H2,2-3H3,(H,26,27). The van der Waals surface area contributed by atoms with Gasteiger partial charge in [-0.1, -0.05) is 36.4 Å². The molecule has 0 atom stereocenters. The average Bonchev–Trinajstić information content (AvgIpc) is 2.75. The first-order valence-electron chi connectivity index (χ1n) is 9.47. The number of carbonyl (C=O) groups is 1. The molecule has 148 valence electrons. The average molecular weight is 404 g/mol. The Bertz CT molecular complexity index is 999. The van der Waals surface area contributed by atoms with Crippen LogP contribution in [0.25, 0.3) is 0 Å². The summed E-state index contributed by atoms with van der Waals surface area (Å²) < 4.78 is 5.36. The number of thioether (sulfide) groups is 1. The van der Waals surface area contributed by atoms with Crippen LogP contribution >= 0.6 is 11.8 Å². The molecule has 0 radical (unpaired) electrons. The van der Waals surface area contributed by atoms with Gasteiger partial charge in [-0.25, -0.2) is 0 Å². The summed E-state index contributed by atoms with van der Waals surface area (Å²) in [4.78, 5) is 14.0. The van der Waals surface area contributed by atoms with Crippen molar-refractivity contribution in [1.29, 1.82) is 0 Å². The zero-order valence-electron chi connectivity index (χ0n) is 16.8. The maximum atomic E-state index is 12.7. The fourth-order valence-corrected chi connectivity index (χ4v) is 3.93. The number of carbonyl (C=O) groups excluding carboxylic acids is 1. The predicted molar refractivity (Wildman–Crippen MR) is 122 cm³/mol. The van der Waals surface area contributed by atoms with Gasteiger partial charge < -0.3 is 10.1 Å². The highest BCUT2D eigenvalue weighted by Crippen LogP contribution is 2.26. The number of hydrogen-bond acceptors (Lipinski definition) is 3. The number of nitrogens with one attached hydrogen (secondary N) is 1. The van der Waals surface area contributed by atoms with E-state index in [0.29, 0.717) is 12.0 Å². The SMILES string of the molecule is C=CCc1cc(C(=O)Nc2ccc(CSc3ccccc3)cc2C)ccc1OC. The number of amides is 1. The van der Waals surface area contributed by atoms with Crippen LogP contribution in [-0.4, -0.2) is 13.0 Å². The zero-order valence-corrected chi connectivity index (χ0v) is 17.6. The predicted octanol–water partition coefficient (Wildman–Crippen LogP) is 6.28. The summed E-state index contributed by atoms with van der Waals surface area (Å²) in [6.45, 7) is 5.79. The molecule has 1 N–H and O–H groups in total. The van der Waals surface area contributed by atoms with Gasteiger partial charge in [-0.3, -0.25) is 4.79 Å². The molecule has 0 unspecified atom stereocenters. The van der Waals surface area contributed by atoms with Crippen LogP contribution in [0, 0.1) is 6.92 Å². The number of methoxy groups -OCH3 is 1. The molecule has 1 amide bonds. The number of anilines is 1. The van der Waals surface area contributed by atoms with Crippen molar-refractivity contribution in [2.75, 3.05) is 12.4 Å². The number of hydrogen-bond donors (Lipinski definition) is 1. The second kappa shape index (κ2) is 9.99. The lowest BCUT2D eigenvalue weighted by molar-refractivity contribution is 0.102. The molecule has 3 aromatic carbocycles. The van der Waals surface area contributed by atoms with E-state index in [1.807, 2.05) is 43.3 Å². The minimum atomic E-state index is -0.132. The van der Waals surface area contributed by atoms with Gasteiger partial charge in [0, 0.05) is 21.9 Å². The maximum Gasteiger partial charge on any atom is 0.255 e. The molecule has 3 nitrogen and oxygen atoms in total. The van der Waals surface area contributed by atoms with Gasteiger partial charge in [0.25, 0.3) is 5.91 Å². The quantitative estimate of drug-likeness (QED) is 0.355. The summed E-state index contributed by atoms with van der Waals surface area (Å²) in [5.41, 5.74) is 4.65. The summed E-state index contributed by atoms with van der Waals surface area (Å²) in [7, 11) is 1.63. The molecule has 29 heavy (non-hydrogen) atoms.